The molecule has 4 rings (SSSR count). The summed E-state index contributed by atoms with van der Waals surface area (Å²) in [6.07, 6.45) is 3.30. The highest BCUT2D eigenvalue weighted by molar-refractivity contribution is 7.89. The summed E-state index contributed by atoms with van der Waals surface area (Å²) in [5, 5.41) is 8.46. The molecule has 1 aliphatic carbocycles. The van der Waals surface area contributed by atoms with Crippen LogP contribution >= 0.6 is 0 Å². The molecule has 2 aromatic carbocycles. The maximum Gasteiger partial charge on any atom is 0.319 e. The van der Waals surface area contributed by atoms with E-state index in [9.17, 15) is 18.0 Å². The van der Waals surface area contributed by atoms with Crippen LogP contribution in [-0.2, 0) is 14.8 Å². The molecule has 31 heavy (non-hydrogen) atoms. The minimum absolute atomic E-state index is 0.157. The van der Waals surface area contributed by atoms with Gasteiger partial charge in [-0.15, -0.1) is 0 Å². The number of amides is 3. The summed E-state index contributed by atoms with van der Waals surface area (Å²) in [5.74, 6) is -0.630. The summed E-state index contributed by atoms with van der Waals surface area (Å²) < 4.78 is 27.1. The van der Waals surface area contributed by atoms with Crippen molar-refractivity contribution in [2.24, 2.45) is 5.92 Å². The fourth-order valence-corrected chi connectivity index (χ4v) is 5.12. The van der Waals surface area contributed by atoms with E-state index >= 15 is 0 Å². The van der Waals surface area contributed by atoms with Crippen LogP contribution in [0.25, 0.3) is 0 Å². The van der Waals surface area contributed by atoms with Crippen molar-refractivity contribution in [1.82, 2.24) is 9.62 Å². The molecule has 1 saturated carbocycles. The molecule has 164 valence electrons. The molecule has 3 amide bonds. The van der Waals surface area contributed by atoms with Gasteiger partial charge >= 0.3 is 6.03 Å². The Balaban J connectivity index is 1.34. The van der Waals surface area contributed by atoms with Crippen molar-refractivity contribution in [2.75, 3.05) is 23.7 Å². The van der Waals surface area contributed by atoms with E-state index in [1.165, 1.54) is 4.31 Å². The van der Waals surface area contributed by atoms with Gasteiger partial charge in [0, 0.05) is 30.5 Å². The van der Waals surface area contributed by atoms with Crippen molar-refractivity contribution in [1.29, 1.82) is 0 Å². The van der Waals surface area contributed by atoms with E-state index in [2.05, 4.69) is 16.0 Å². The number of sulfonamides is 1. The highest BCUT2D eigenvalue weighted by Gasteiger charge is 2.33. The van der Waals surface area contributed by atoms with Crippen LogP contribution in [0.2, 0.25) is 0 Å². The zero-order chi connectivity index (χ0) is 21.8. The van der Waals surface area contributed by atoms with Gasteiger partial charge in [-0.25, -0.2) is 13.2 Å². The number of hydrogen-bond acceptors (Lipinski definition) is 4. The molecule has 0 radical (unpaired) electrons. The molecule has 8 nitrogen and oxygen atoms in total. The van der Waals surface area contributed by atoms with Crippen LogP contribution in [0.4, 0.5) is 16.2 Å². The predicted octanol–water partition coefficient (Wildman–Crippen LogP) is 3.01. The normalized spacial score (nSPS) is 19.4. The molecule has 0 bridgehead atoms. The Bertz CT molecular complexity index is 1040. The molecule has 9 heteroatoms. The van der Waals surface area contributed by atoms with E-state index in [-0.39, 0.29) is 29.4 Å². The van der Waals surface area contributed by atoms with E-state index in [0.29, 0.717) is 30.8 Å². The van der Waals surface area contributed by atoms with Gasteiger partial charge in [0.15, 0.2) is 0 Å². The Hall–Kier alpha value is -2.91. The summed E-state index contributed by atoms with van der Waals surface area (Å²) in [6, 6.07) is 15.2. The number of anilines is 2. The van der Waals surface area contributed by atoms with Gasteiger partial charge in [-0.2, -0.15) is 4.31 Å². The number of benzene rings is 2. The van der Waals surface area contributed by atoms with E-state index < -0.39 is 15.9 Å². The molecule has 2 fully saturated rings. The first-order chi connectivity index (χ1) is 14.9. The van der Waals surface area contributed by atoms with Gasteiger partial charge < -0.3 is 16.0 Å². The second kappa shape index (κ2) is 9.07. The maximum absolute atomic E-state index is 12.9. The van der Waals surface area contributed by atoms with E-state index in [1.54, 1.807) is 54.6 Å². The van der Waals surface area contributed by atoms with Gasteiger partial charge in [0.25, 0.3) is 0 Å². The second-order valence-electron chi connectivity index (χ2n) is 7.95. The van der Waals surface area contributed by atoms with Gasteiger partial charge in [-0.05, 0) is 62.1 Å². The standard InChI is InChI=1S/C22H26N4O4S/c27-21(23-17-8-10-18(11-9-17)24-22(28)25-19-12-13-19)16-5-4-14-26(15-16)31(29,30)20-6-2-1-3-7-20/h1-3,6-11,16,19H,4-5,12-15H2,(H,23,27)(H2,24,25,28). The van der Waals surface area contributed by atoms with Crippen molar-refractivity contribution in [3.8, 4) is 0 Å². The first kappa shape index (κ1) is 21.3. The maximum atomic E-state index is 12.9. The molecule has 0 aromatic heterocycles. The molecule has 1 unspecified atom stereocenters. The van der Waals surface area contributed by atoms with Crippen molar-refractivity contribution >= 4 is 33.3 Å². The lowest BCUT2D eigenvalue weighted by molar-refractivity contribution is -0.120. The van der Waals surface area contributed by atoms with Gasteiger partial charge in [0.05, 0.1) is 10.8 Å². The van der Waals surface area contributed by atoms with Crippen LogP contribution in [0.15, 0.2) is 59.5 Å². The Morgan fingerprint density at radius 2 is 1.52 bits per heavy atom. The molecule has 3 N–H and O–H groups in total. The Morgan fingerprint density at radius 1 is 0.871 bits per heavy atom. The lowest BCUT2D eigenvalue weighted by Crippen LogP contribution is -2.43. The minimum atomic E-state index is -3.62. The Labute approximate surface area is 182 Å². The number of carbonyl (C=O) groups is 2. The number of urea groups is 1. The monoisotopic (exact) mass is 442 g/mol. The first-order valence-corrected chi connectivity index (χ1v) is 11.9. The second-order valence-corrected chi connectivity index (χ2v) is 9.89. The number of nitrogens with one attached hydrogen (secondary N) is 3. The van der Waals surface area contributed by atoms with Crippen LogP contribution in [0.3, 0.4) is 0 Å². The first-order valence-electron chi connectivity index (χ1n) is 10.5. The minimum Gasteiger partial charge on any atom is -0.335 e. The summed E-state index contributed by atoms with van der Waals surface area (Å²) in [5.41, 5.74) is 1.23. The van der Waals surface area contributed by atoms with Crippen LogP contribution in [0.1, 0.15) is 25.7 Å². The topological polar surface area (TPSA) is 108 Å². The molecular formula is C22H26N4O4S. The fraction of sp³-hybridized carbons (Fsp3) is 0.364. The van der Waals surface area contributed by atoms with Gasteiger partial charge in [-0.1, -0.05) is 18.2 Å². The van der Waals surface area contributed by atoms with Crippen molar-refractivity contribution in [3.05, 3.63) is 54.6 Å². The molecule has 1 saturated heterocycles. The largest absolute Gasteiger partial charge is 0.335 e. The Morgan fingerprint density at radius 3 is 2.16 bits per heavy atom. The number of hydrogen-bond donors (Lipinski definition) is 3. The van der Waals surface area contributed by atoms with Crippen LogP contribution in [-0.4, -0.2) is 43.8 Å². The third kappa shape index (κ3) is 5.42. The lowest BCUT2D eigenvalue weighted by Gasteiger charge is -2.31. The quantitative estimate of drug-likeness (QED) is 0.639. The summed E-state index contributed by atoms with van der Waals surface area (Å²) in [6.45, 7) is 0.564. The number of rotatable bonds is 6. The van der Waals surface area contributed by atoms with Gasteiger partial charge in [0.1, 0.15) is 0 Å². The zero-order valence-electron chi connectivity index (χ0n) is 17.1. The molecule has 0 spiro atoms. The zero-order valence-corrected chi connectivity index (χ0v) is 17.9. The molecule has 2 aromatic rings. The fourth-order valence-electron chi connectivity index (χ4n) is 3.58. The summed E-state index contributed by atoms with van der Waals surface area (Å²) in [7, 11) is -3.62. The molecule has 1 atom stereocenters. The highest BCUT2D eigenvalue weighted by Crippen LogP contribution is 2.25. The number of piperidine rings is 1. The van der Waals surface area contributed by atoms with Crippen LogP contribution in [0.5, 0.6) is 0 Å². The molecular weight excluding hydrogens is 416 g/mol. The van der Waals surface area contributed by atoms with E-state index in [1.807, 2.05) is 0 Å². The summed E-state index contributed by atoms with van der Waals surface area (Å²) in [4.78, 5) is 24.8. The van der Waals surface area contributed by atoms with Crippen molar-refractivity contribution in [2.45, 2.75) is 36.6 Å². The van der Waals surface area contributed by atoms with E-state index in [4.69, 9.17) is 0 Å². The van der Waals surface area contributed by atoms with Crippen molar-refractivity contribution in [3.63, 3.8) is 0 Å². The SMILES string of the molecule is O=C(Nc1ccc(NC(=O)C2CCCN(S(=O)(=O)c3ccccc3)C2)cc1)NC1CC1. The average Bonchev–Trinajstić information content (AvgIpc) is 3.59. The number of nitrogens with zero attached hydrogens (tertiary/aromatic N) is 1. The van der Waals surface area contributed by atoms with Crippen LogP contribution in [0, 0.1) is 5.92 Å². The average molecular weight is 443 g/mol. The van der Waals surface area contributed by atoms with Gasteiger partial charge in [0.2, 0.25) is 15.9 Å². The predicted molar refractivity (Wildman–Crippen MR) is 118 cm³/mol. The molecule has 1 heterocycles. The Kier molecular flexibility index (Phi) is 6.24. The third-order valence-electron chi connectivity index (χ3n) is 5.46. The highest BCUT2D eigenvalue weighted by atomic mass is 32.2. The van der Waals surface area contributed by atoms with E-state index in [0.717, 1.165) is 12.8 Å². The molecule has 2 aliphatic rings. The van der Waals surface area contributed by atoms with Crippen LogP contribution < -0.4 is 16.0 Å². The number of carbonyl (C=O) groups excluding carboxylic acids is 2. The lowest BCUT2D eigenvalue weighted by atomic mass is 9.98. The molecule has 1 aliphatic heterocycles. The summed E-state index contributed by atoms with van der Waals surface area (Å²) >= 11 is 0. The smallest absolute Gasteiger partial charge is 0.319 e. The van der Waals surface area contributed by atoms with Crippen molar-refractivity contribution < 1.29 is 18.0 Å². The van der Waals surface area contributed by atoms with Gasteiger partial charge in [-0.3, -0.25) is 4.79 Å². The third-order valence-corrected chi connectivity index (χ3v) is 7.34.